The molecule has 1 heterocycles. The number of thioether (sulfide) groups is 1. The third-order valence-corrected chi connectivity index (χ3v) is 3.23. The van der Waals surface area contributed by atoms with Crippen LogP contribution in [0.25, 0.3) is 0 Å². The predicted octanol–water partition coefficient (Wildman–Crippen LogP) is 2.36. The van der Waals surface area contributed by atoms with Crippen LogP contribution in [0.3, 0.4) is 0 Å². The third kappa shape index (κ3) is 2.76. The molecule has 0 bridgehead atoms. The van der Waals surface area contributed by atoms with Gasteiger partial charge >= 0.3 is 0 Å². The van der Waals surface area contributed by atoms with Crippen LogP contribution in [0.2, 0.25) is 0 Å². The minimum atomic E-state index is -0.274. The first-order valence-corrected chi connectivity index (χ1v) is 6.08. The van der Waals surface area contributed by atoms with Crippen molar-refractivity contribution in [2.24, 2.45) is 0 Å². The summed E-state index contributed by atoms with van der Waals surface area (Å²) >= 11 is 1.28. The highest BCUT2D eigenvalue weighted by molar-refractivity contribution is 7.98. The molecule has 0 aliphatic carbocycles. The number of rotatable bonds is 3. The number of aromatic nitrogens is 2. The maximum absolute atomic E-state index is 13.4. The van der Waals surface area contributed by atoms with E-state index < -0.39 is 0 Å². The predicted molar refractivity (Wildman–Crippen MR) is 67.1 cm³/mol. The van der Waals surface area contributed by atoms with E-state index in [0.29, 0.717) is 16.5 Å². The zero-order valence-corrected chi connectivity index (χ0v) is 10.1. The van der Waals surface area contributed by atoms with Crippen LogP contribution in [0.5, 0.6) is 0 Å². The number of hydrogen-bond acceptors (Lipinski definition) is 5. The Bertz CT molecular complexity index is 609. The molecular weight excluding hydrogens is 251 g/mol. The maximum Gasteiger partial charge on any atom is 0.145 e. The van der Waals surface area contributed by atoms with Gasteiger partial charge in [0.05, 0.1) is 11.9 Å². The number of nitrogens with two attached hydrogens (primary N) is 1. The van der Waals surface area contributed by atoms with E-state index in [-0.39, 0.29) is 17.2 Å². The van der Waals surface area contributed by atoms with Crippen molar-refractivity contribution in [3.05, 3.63) is 47.7 Å². The molecule has 90 valence electrons. The van der Waals surface area contributed by atoms with Gasteiger partial charge in [0.1, 0.15) is 29.1 Å². The zero-order valence-electron chi connectivity index (χ0n) is 9.30. The molecule has 2 rings (SSSR count). The van der Waals surface area contributed by atoms with Gasteiger partial charge in [-0.15, -0.1) is 11.8 Å². The lowest BCUT2D eigenvalue weighted by Crippen LogP contribution is -2.01. The summed E-state index contributed by atoms with van der Waals surface area (Å²) in [6.45, 7) is 0. The Hall–Kier alpha value is -2.13. The molecule has 0 spiro atoms. The summed E-state index contributed by atoms with van der Waals surface area (Å²) in [5.74, 6) is 0.747. The molecule has 0 amide bonds. The number of anilines is 1. The molecule has 18 heavy (non-hydrogen) atoms. The zero-order chi connectivity index (χ0) is 13.0. The lowest BCUT2D eigenvalue weighted by Gasteiger charge is -2.03. The van der Waals surface area contributed by atoms with E-state index in [1.54, 1.807) is 18.2 Å². The molecule has 1 aromatic carbocycles. The molecule has 0 saturated heterocycles. The van der Waals surface area contributed by atoms with Gasteiger partial charge in [-0.2, -0.15) is 5.26 Å². The van der Waals surface area contributed by atoms with Crippen molar-refractivity contribution < 1.29 is 4.39 Å². The van der Waals surface area contributed by atoms with Crippen LogP contribution >= 0.6 is 11.8 Å². The van der Waals surface area contributed by atoms with E-state index in [4.69, 9.17) is 11.0 Å². The summed E-state index contributed by atoms with van der Waals surface area (Å²) in [6, 6.07) is 8.37. The second kappa shape index (κ2) is 5.47. The Labute approximate surface area is 108 Å². The van der Waals surface area contributed by atoms with Crippen LogP contribution in [0, 0.1) is 17.1 Å². The molecule has 4 nitrogen and oxygen atoms in total. The minimum Gasteiger partial charge on any atom is -0.382 e. The molecule has 6 heteroatoms. The smallest absolute Gasteiger partial charge is 0.145 e. The summed E-state index contributed by atoms with van der Waals surface area (Å²) in [4.78, 5) is 8.52. The second-order valence-electron chi connectivity index (χ2n) is 3.42. The van der Waals surface area contributed by atoms with Crippen molar-refractivity contribution >= 4 is 17.6 Å². The summed E-state index contributed by atoms with van der Waals surface area (Å²) < 4.78 is 13.4. The molecular formula is C12H9FN4S. The highest BCUT2D eigenvalue weighted by atomic mass is 32.2. The van der Waals surface area contributed by atoms with Crippen molar-refractivity contribution in [3.63, 3.8) is 0 Å². The van der Waals surface area contributed by atoms with Crippen molar-refractivity contribution in [2.45, 2.75) is 10.6 Å². The number of halogens is 1. The first-order chi connectivity index (χ1) is 8.70. The fourth-order valence-electron chi connectivity index (χ4n) is 1.29. The van der Waals surface area contributed by atoms with Gasteiger partial charge < -0.3 is 5.73 Å². The Balaban J connectivity index is 2.10. The summed E-state index contributed by atoms with van der Waals surface area (Å²) in [6.07, 6.45) is 1.37. The van der Waals surface area contributed by atoms with Crippen molar-refractivity contribution in [1.29, 1.82) is 5.26 Å². The molecule has 2 N–H and O–H groups in total. The molecule has 0 unspecified atom stereocenters. The summed E-state index contributed by atoms with van der Waals surface area (Å²) in [5.41, 5.74) is 5.82. The Morgan fingerprint density at radius 3 is 2.83 bits per heavy atom. The molecule has 0 saturated carbocycles. The SMILES string of the molecule is N#Cc1cnc(CSc2ccccc2F)nc1N. The van der Waals surface area contributed by atoms with Crippen molar-refractivity contribution in [1.82, 2.24) is 9.97 Å². The Morgan fingerprint density at radius 1 is 1.39 bits per heavy atom. The highest BCUT2D eigenvalue weighted by Gasteiger charge is 2.06. The number of nitriles is 1. The topological polar surface area (TPSA) is 75.6 Å². The quantitative estimate of drug-likeness (QED) is 0.857. The van der Waals surface area contributed by atoms with Crippen LogP contribution in [-0.2, 0) is 5.75 Å². The molecule has 1 aromatic heterocycles. The molecule has 0 atom stereocenters. The van der Waals surface area contributed by atoms with Gasteiger partial charge in [0.2, 0.25) is 0 Å². The van der Waals surface area contributed by atoms with E-state index in [1.807, 2.05) is 6.07 Å². The van der Waals surface area contributed by atoms with Crippen molar-refractivity contribution in [3.8, 4) is 6.07 Å². The standard InChI is InChI=1S/C12H9FN4S/c13-9-3-1-2-4-10(9)18-7-11-16-6-8(5-14)12(15)17-11/h1-4,6H,7H2,(H2,15,16,17). The van der Waals surface area contributed by atoms with Gasteiger partial charge in [0.15, 0.2) is 0 Å². The van der Waals surface area contributed by atoms with Crippen LogP contribution < -0.4 is 5.73 Å². The van der Waals surface area contributed by atoms with Gasteiger partial charge in [-0.1, -0.05) is 12.1 Å². The van der Waals surface area contributed by atoms with E-state index >= 15 is 0 Å². The van der Waals surface area contributed by atoms with E-state index in [9.17, 15) is 4.39 Å². The Morgan fingerprint density at radius 2 is 2.17 bits per heavy atom. The first kappa shape index (κ1) is 12.3. The monoisotopic (exact) mass is 260 g/mol. The van der Waals surface area contributed by atoms with Crippen LogP contribution in [-0.4, -0.2) is 9.97 Å². The molecule has 2 aromatic rings. The van der Waals surface area contributed by atoms with E-state index in [2.05, 4.69) is 9.97 Å². The summed E-state index contributed by atoms with van der Waals surface area (Å²) in [5, 5.41) is 8.69. The molecule has 0 fully saturated rings. The van der Waals surface area contributed by atoms with Gasteiger partial charge in [-0.3, -0.25) is 0 Å². The van der Waals surface area contributed by atoms with Crippen LogP contribution in [0.15, 0.2) is 35.4 Å². The second-order valence-corrected chi connectivity index (χ2v) is 4.43. The minimum absolute atomic E-state index is 0.150. The van der Waals surface area contributed by atoms with E-state index in [1.165, 1.54) is 24.0 Å². The molecule has 0 aliphatic heterocycles. The van der Waals surface area contributed by atoms with Gasteiger partial charge in [0.25, 0.3) is 0 Å². The first-order valence-electron chi connectivity index (χ1n) is 5.09. The normalized spacial score (nSPS) is 10.0. The molecule has 0 aliphatic rings. The average molecular weight is 260 g/mol. The summed E-state index contributed by atoms with van der Waals surface area (Å²) in [7, 11) is 0. The number of nitrogens with zero attached hydrogens (tertiary/aromatic N) is 3. The van der Waals surface area contributed by atoms with Crippen molar-refractivity contribution in [2.75, 3.05) is 5.73 Å². The van der Waals surface area contributed by atoms with Crippen LogP contribution in [0.1, 0.15) is 11.4 Å². The average Bonchev–Trinajstić information content (AvgIpc) is 2.38. The highest BCUT2D eigenvalue weighted by Crippen LogP contribution is 2.24. The van der Waals surface area contributed by atoms with Gasteiger partial charge in [0, 0.05) is 4.90 Å². The van der Waals surface area contributed by atoms with Crippen LogP contribution in [0.4, 0.5) is 10.2 Å². The van der Waals surface area contributed by atoms with Gasteiger partial charge in [-0.05, 0) is 12.1 Å². The lowest BCUT2D eigenvalue weighted by molar-refractivity contribution is 0.602. The number of benzene rings is 1. The number of nitrogen functional groups attached to an aromatic ring is 1. The fraction of sp³-hybridized carbons (Fsp3) is 0.0833. The van der Waals surface area contributed by atoms with Gasteiger partial charge in [-0.25, -0.2) is 14.4 Å². The van der Waals surface area contributed by atoms with E-state index in [0.717, 1.165) is 0 Å². The molecule has 0 radical (unpaired) electrons. The Kier molecular flexibility index (Phi) is 3.75. The lowest BCUT2D eigenvalue weighted by atomic mass is 10.3. The number of hydrogen-bond donors (Lipinski definition) is 1. The largest absolute Gasteiger partial charge is 0.382 e. The maximum atomic E-state index is 13.4. The fourth-order valence-corrected chi connectivity index (χ4v) is 2.10. The third-order valence-electron chi connectivity index (χ3n) is 2.18.